The zero-order chi connectivity index (χ0) is 15.8. The smallest absolute Gasteiger partial charge is 0.309 e. The Labute approximate surface area is 138 Å². The second-order valence-electron chi connectivity index (χ2n) is 5.00. The molecule has 0 aromatic carbocycles. The number of hydrogen-bond donors (Lipinski definition) is 2. The monoisotopic (exact) mass is 376 g/mol. The van der Waals surface area contributed by atoms with Crippen molar-refractivity contribution in [2.45, 2.75) is 15.5 Å². The van der Waals surface area contributed by atoms with Gasteiger partial charge in [-0.3, -0.25) is 9.59 Å². The summed E-state index contributed by atoms with van der Waals surface area (Å²) < 4.78 is 10.9. The van der Waals surface area contributed by atoms with Gasteiger partial charge >= 0.3 is 11.9 Å². The van der Waals surface area contributed by atoms with E-state index in [1.807, 2.05) is 0 Å². The van der Waals surface area contributed by atoms with Gasteiger partial charge in [0.15, 0.2) is 9.75 Å². The summed E-state index contributed by atoms with van der Waals surface area (Å²) in [6.07, 6.45) is 0. The third-order valence-electron chi connectivity index (χ3n) is 4.21. The van der Waals surface area contributed by atoms with Crippen LogP contribution >= 0.6 is 46.4 Å². The highest BCUT2D eigenvalue weighted by atomic mass is 35.5. The molecule has 1 saturated heterocycles. The molecule has 1 spiro atoms. The first-order valence-corrected chi connectivity index (χ1v) is 7.35. The van der Waals surface area contributed by atoms with Crippen LogP contribution in [0.4, 0.5) is 0 Å². The largest absolute Gasteiger partial charge is 0.481 e. The molecule has 116 valence electrons. The summed E-state index contributed by atoms with van der Waals surface area (Å²) in [7, 11) is 0. The molecule has 21 heavy (non-hydrogen) atoms. The summed E-state index contributed by atoms with van der Waals surface area (Å²) in [5, 5.41) is 18.4. The lowest BCUT2D eigenvalue weighted by Crippen LogP contribution is -2.56. The van der Waals surface area contributed by atoms with Crippen LogP contribution in [-0.2, 0) is 19.1 Å². The Hall–Kier alpha value is -0.240. The van der Waals surface area contributed by atoms with Crippen molar-refractivity contribution in [2.24, 2.45) is 11.8 Å². The van der Waals surface area contributed by atoms with Crippen LogP contribution in [0.25, 0.3) is 0 Å². The molecule has 6 nitrogen and oxygen atoms in total. The van der Waals surface area contributed by atoms with Crippen LogP contribution in [-0.4, -0.2) is 50.9 Å². The van der Waals surface area contributed by atoms with Crippen LogP contribution in [0.5, 0.6) is 0 Å². The number of rotatable bonds is 2. The van der Waals surface area contributed by atoms with Crippen LogP contribution < -0.4 is 0 Å². The summed E-state index contributed by atoms with van der Waals surface area (Å²) in [6.45, 7) is 0.131. The molecule has 2 bridgehead atoms. The van der Waals surface area contributed by atoms with E-state index in [1.165, 1.54) is 0 Å². The number of carboxylic acids is 2. The zero-order valence-electron chi connectivity index (χ0n) is 10.1. The van der Waals surface area contributed by atoms with Crippen LogP contribution in [0.2, 0.25) is 0 Å². The molecule has 3 rings (SSSR count). The Bertz CT molecular complexity index is 541. The first-order valence-electron chi connectivity index (χ1n) is 5.84. The van der Waals surface area contributed by atoms with E-state index in [9.17, 15) is 19.8 Å². The number of carboxylic acid groups (broad SMARTS) is 2. The van der Waals surface area contributed by atoms with Gasteiger partial charge < -0.3 is 19.7 Å². The fraction of sp³-hybridized carbons (Fsp3) is 0.636. The normalized spacial score (nSPS) is 43.8. The predicted octanol–water partition coefficient (Wildman–Crippen LogP) is 1.80. The quantitative estimate of drug-likeness (QED) is 0.713. The van der Waals surface area contributed by atoms with E-state index in [2.05, 4.69) is 0 Å². The Kier molecular flexibility index (Phi) is 3.28. The summed E-state index contributed by atoms with van der Waals surface area (Å²) in [4.78, 5) is 19.2. The molecule has 0 radical (unpaired) electrons. The van der Waals surface area contributed by atoms with Crippen LogP contribution in [0.1, 0.15) is 0 Å². The van der Waals surface area contributed by atoms with Gasteiger partial charge in [0.1, 0.15) is 11.8 Å². The standard InChI is InChI=1S/C11H8Cl4O6/c12-5-6(13)10(15)4(8(18)19)3(7(16)17)9(5,14)11(10)20-1-2-21-11/h3-4H,1-2H2,(H,16,17)(H,18,19)/t3-,4-,9+,10+/m1/s1. The molecule has 2 fully saturated rings. The van der Waals surface area contributed by atoms with Crippen molar-refractivity contribution in [3.05, 3.63) is 10.1 Å². The first-order chi connectivity index (χ1) is 9.66. The average Bonchev–Trinajstić information content (AvgIpc) is 2.98. The number of carbonyl (C=O) groups is 2. The molecular weight excluding hydrogens is 370 g/mol. The second kappa shape index (κ2) is 4.40. The van der Waals surface area contributed by atoms with E-state index in [1.54, 1.807) is 0 Å². The van der Waals surface area contributed by atoms with Gasteiger partial charge in [0.2, 0.25) is 5.79 Å². The molecule has 10 heteroatoms. The van der Waals surface area contributed by atoms with Gasteiger partial charge in [0, 0.05) is 0 Å². The van der Waals surface area contributed by atoms with Crippen LogP contribution in [0, 0.1) is 11.8 Å². The topological polar surface area (TPSA) is 93.1 Å². The predicted molar refractivity (Wildman–Crippen MR) is 72.8 cm³/mol. The molecule has 0 aromatic rings. The Morgan fingerprint density at radius 2 is 1.29 bits per heavy atom. The molecule has 1 heterocycles. The lowest BCUT2D eigenvalue weighted by atomic mass is 9.82. The second-order valence-corrected chi connectivity index (χ2v) is 6.95. The van der Waals surface area contributed by atoms with E-state index in [0.29, 0.717) is 0 Å². The molecule has 0 amide bonds. The molecule has 4 atom stereocenters. The number of halogens is 4. The van der Waals surface area contributed by atoms with E-state index in [4.69, 9.17) is 55.9 Å². The van der Waals surface area contributed by atoms with Crippen molar-refractivity contribution in [2.75, 3.05) is 13.2 Å². The fourth-order valence-corrected chi connectivity index (χ4v) is 5.54. The van der Waals surface area contributed by atoms with Crippen LogP contribution in [0.3, 0.4) is 0 Å². The van der Waals surface area contributed by atoms with Gasteiger partial charge in [0.05, 0.1) is 23.3 Å². The zero-order valence-corrected chi connectivity index (χ0v) is 13.1. The van der Waals surface area contributed by atoms with Crippen molar-refractivity contribution in [1.82, 2.24) is 0 Å². The van der Waals surface area contributed by atoms with E-state index < -0.39 is 39.3 Å². The van der Waals surface area contributed by atoms with Crippen molar-refractivity contribution in [3.8, 4) is 0 Å². The van der Waals surface area contributed by atoms with Gasteiger partial charge in [-0.1, -0.05) is 23.2 Å². The average molecular weight is 378 g/mol. The Balaban J connectivity index is 2.35. The minimum Gasteiger partial charge on any atom is -0.481 e. The minimum absolute atomic E-state index is 0.0654. The SMILES string of the molecule is O=C(O)[C@H]1[C@H](C(=O)O)[C@]2(Cl)C(Cl)=C(Cl)[C@]1(Cl)C21OCCO1. The summed E-state index contributed by atoms with van der Waals surface area (Å²) in [5.41, 5.74) is 0. The number of alkyl halides is 2. The van der Waals surface area contributed by atoms with E-state index >= 15 is 0 Å². The maximum absolute atomic E-state index is 11.6. The number of hydrogen-bond acceptors (Lipinski definition) is 4. The third-order valence-corrected chi connectivity index (χ3v) is 6.82. The van der Waals surface area contributed by atoms with Gasteiger partial charge in [0.25, 0.3) is 0 Å². The molecule has 3 aliphatic rings. The van der Waals surface area contributed by atoms with Gasteiger partial charge in [-0.05, 0) is 0 Å². The van der Waals surface area contributed by atoms with Gasteiger partial charge in [-0.2, -0.15) is 0 Å². The van der Waals surface area contributed by atoms with Crippen LogP contribution in [0.15, 0.2) is 10.1 Å². The maximum Gasteiger partial charge on any atom is 0.309 e. The van der Waals surface area contributed by atoms with Crippen molar-refractivity contribution >= 4 is 58.3 Å². The van der Waals surface area contributed by atoms with Crippen molar-refractivity contribution in [3.63, 3.8) is 0 Å². The molecule has 1 aliphatic heterocycles. The van der Waals surface area contributed by atoms with Gasteiger partial charge in [-0.15, -0.1) is 23.2 Å². The highest BCUT2D eigenvalue weighted by molar-refractivity contribution is 6.53. The molecular formula is C11H8Cl4O6. The highest BCUT2D eigenvalue weighted by Gasteiger charge is 2.88. The Morgan fingerprint density at radius 3 is 1.57 bits per heavy atom. The molecule has 2 N–H and O–H groups in total. The molecule has 2 aliphatic carbocycles. The highest BCUT2D eigenvalue weighted by Crippen LogP contribution is 2.74. The lowest BCUT2D eigenvalue weighted by molar-refractivity contribution is -0.177. The summed E-state index contributed by atoms with van der Waals surface area (Å²) >= 11 is 25.1. The first kappa shape index (κ1) is 15.6. The third kappa shape index (κ3) is 1.40. The molecule has 1 saturated carbocycles. The maximum atomic E-state index is 11.6. The summed E-state index contributed by atoms with van der Waals surface area (Å²) in [5.74, 6) is -8.17. The lowest BCUT2D eigenvalue weighted by Gasteiger charge is -2.38. The summed E-state index contributed by atoms with van der Waals surface area (Å²) in [6, 6.07) is 0. The van der Waals surface area contributed by atoms with E-state index in [-0.39, 0.29) is 23.3 Å². The van der Waals surface area contributed by atoms with Crippen molar-refractivity contribution < 1.29 is 29.3 Å². The molecule has 0 unspecified atom stereocenters. The van der Waals surface area contributed by atoms with Crippen molar-refractivity contribution in [1.29, 1.82) is 0 Å². The van der Waals surface area contributed by atoms with E-state index in [0.717, 1.165) is 0 Å². The molecule has 0 aromatic heterocycles. The minimum atomic E-state index is -2.00. The number of aliphatic carboxylic acids is 2. The Morgan fingerprint density at radius 1 is 0.952 bits per heavy atom. The van der Waals surface area contributed by atoms with Gasteiger partial charge in [-0.25, -0.2) is 0 Å². The number of ether oxygens (including phenoxy) is 2. The fourth-order valence-electron chi connectivity index (χ4n) is 3.47.